The van der Waals surface area contributed by atoms with Gasteiger partial charge in [-0.1, -0.05) is 25.1 Å². The Morgan fingerprint density at radius 2 is 1.67 bits per heavy atom. The number of hydrogen-bond acceptors (Lipinski definition) is 1. The minimum atomic E-state index is 0.505. The summed E-state index contributed by atoms with van der Waals surface area (Å²) < 4.78 is 0. The van der Waals surface area contributed by atoms with Crippen LogP contribution in [0, 0.1) is 23.2 Å². The zero-order chi connectivity index (χ0) is 16.6. The van der Waals surface area contributed by atoms with Crippen LogP contribution in [0.25, 0.3) is 0 Å². The van der Waals surface area contributed by atoms with Crippen LogP contribution in [0.2, 0.25) is 0 Å². The van der Waals surface area contributed by atoms with Gasteiger partial charge >= 0.3 is 0 Å². The zero-order valence-corrected chi connectivity index (χ0v) is 15.6. The van der Waals surface area contributed by atoms with Crippen LogP contribution in [0.4, 0.5) is 5.69 Å². The second kappa shape index (κ2) is 6.67. The molecule has 5 rings (SSSR count). The van der Waals surface area contributed by atoms with Crippen LogP contribution in [0.3, 0.4) is 0 Å². The van der Waals surface area contributed by atoms with E-state index in [1.54, 1.807) is 0 Å². The lowest BCUT2D eigenvalue weighted by atomic mass is 9.48. The molecule has 2 N–H and O–H groups in total. The van der Waals surface area contributed by atoms with Gasteiger partial charge in [-0.15, -0.1) is 0 Å². The summed E-state index contributed by atoms with van der Waals surface area (Å²) in [5.41, 5.74) is 1.68. The maximum atomic E-state index is 5.57. The second-order valence-electron chi connectivity index (χ2n) is 8.69. The van der Waals surface area contributed by atoms with Gasteiger partial charge in [0.25, 0.3) is 0 Å². The molecule has 0 heterocycles. The quantitative estimate of drug-likeness (QED) is 0.705. The standard InChI is InChI=1S/C21H30N2S/c1-2-18(22-20(24)23-19-6-4-3-5-7-19)14-21-11-15-8-16(12-21)10-17(9-15)13-21/h3-7,15-18H,2,8-14H2,1H3,(H2,22,23,24). The van der Waals surface area contributed by atoms with Crippen LogP contribution in [0.5, 0.6) is 0 Å². The number of anilines is 1. The van der Waals surface area contributed by atoms with Crippen LogP contribution in [0.1, 0.15) is 58.3 Å². The normalized spacial score (nSPS) is 34.8. The summed E-state index contributed by atoms with van der Waals surface area (Å²) in [6.07, 6.45) is 11.5. The minimum absolute atomic E-state index is 0.505. The molecule has 4 saturated carbocycles. The maximum Gasteiger partial charge on any atom is 0.170 e. The van der Waals surface area contributed by atoms with Gasteiger partial charge in [-0.25, -0.2) is 0 Å². The van der Waals surface area contributed by atoms with Gasteiger partial charge < -0.3 is 10.6 Å². The van der Waals surface area contributed by atoms with Crippen molar-refractivity contribution in [2.45, 2.75) is 64.3 Å². The highest BCUT2D eigenvalue weighted by atomic mass is 32.1. The SMILES string of the molecule is CCC(CC12CC3CC(CC(C3)C1)C2)NC(=S)Nc1ccccc1. The predicted molar refractivity (Wildman–Crippen MR) is 105 cm³/mol. The Labute approximate surface area is 151 Å². The van der Waals surface area contributed by atoms with Crippen LogP contribution in [0.15, 0.2) is 30.3 Å². The van der Waals surface area contributed by atoms with Crippen molar-refractivity contribution < 1.29 is 0 Å². The molecular weight excluding hydrogens is 312 g/mol. The third kappa shape index (κ3) is 3.46. The highest BCUT2D eigenvalue weighted by molar-refractivity contribution is 7.80. The Bertz CT molecular complexity index is 547. The Hall–Kier alpha value is -1.09. The van der Waals surface area contributed by atoms with E-state index in [1.165, 1.54) is 44.9 Å². The van der Waals surface area contributed by atoms with Crippen molar-refractivity contribution in [3.05, 3.63) is 30.3 Å². The van der Waals surface area contributed by atoms with Gasteiger partial charge in [-0.2, -0.15) is 0 Å². The smallest absolute Gasteiger partial charge is 0.170 e. The van der Waals surface area contributed by atoms with E-state index in [-0.39, 0.29) is 0 Å². The van der Waals surface area contributed by atoms with E-state index in [0.717, 1.165) is 35.0 Å². The Morgan fingerprint density at radius 3 is 2.21 bits per heavy atom. The first kappa shape index (κ1) is 16.4. The largest absolute Gasteiger partial charge is 0.360 e. The lowest BCUT2D eigenvalue weighted by Gasteiger charge is -2.57. The minimum Gasteiger partial charge on any atom is -0.360 e. The summed E-state index contributed by atoms with van der Waals surface area (Å²) in [4.78, 5) is 0. The molecule has 0 amide bonds. The van der Waals surface area contributed by atoms with E-state index in [2.05, 4.69) is 29.7 Å². The molecule has 4 fully saturated rings. The molecule has 4 bridgehead atoms. The van der Waals surface area contributed by atoms with Crippen molar-refractivity contribution in [1.82, 2.24) is 5.32 Å². The van der Waals surface area contributed by atoms with Crippen molar-refractivity contribution in [3.63, 3.8) is 0 Å². The Balaban J connectivity index is 1.37. The van der Waals surface area contributed by atoms with Crippen molar-refractivity contribution >= 4 is 23.0 Å². The second-order valence-corrected chi connectivity index (χ2v) is 9.10. The topological polar surface area (TPSA) is 24.1 Å². The molecule has 130 valence electrons. The fraction of sp³-hybridized carbons (Fsp3) is 0.667. The first-order chi connectivity index (χ1) is 11.6. The number of hydrogen-bond donors (Lipinski definition) is 2. The number of thiocarbonyl (C=S) groups is 1. The molecule has 0 aromatic heterocycles. The van der Waals surface area contributed by atoms with E-state index in [0.29, 0.717) is 11.5 Å². The zero-order valence-electron chi connectivity index (χ0n) is 14.8. The van der Waals surface area contributed by atoms with Crippen molar-refractivity contribution in [2.75, 3.05) is 5.32 Å². The van der Waals surface area contributed by atoms with E-state index in [9.17, 15) is 0 Å². The molecule has 1 atom stereocenters. The van der Waals surface area contributed by atoms with Gasteiger partial charge in [-0.05, 0) is 98.9 Å². The molecule has 0 spiro atoms. The van der Waals surface area contributed by atoms with Gasteiger partial charge in [-0.3, -0.25) is 0 Å². The van der Waals surface area contributed by atoms with E-state index < -0.39 is 0 Å². The molecular formula is C21H30N2S. The summed E-state index contributed by atoms with van der Waals surface area (Å²) in [7, 11) is 0. The van der Waals surface area contributed by atoms with Crippen molar-refractivity contribution in [3.8, 4) is 0 Å². The number of para-hydroxylation sites is 1. The summed E-state index contributed by atoms with van der Waals surface area (Å²) in [6.45, 7) is 2.29. The molecule has 2 nitrogen and oxygen atoms in total. The Kier molecular flexibility index (Phi) is 4.55. The van der Waals surface area contributed by atoms with E-state index in [1.807, 2.05) is 18.2 Å². The van der Waals surface area contributed by atoms with Crippen molar-refractivity contribution in [2.24, 2.45) is 23.2 Å². The lowest BCUT2D eigenvalue weighted by molar-refractivity contribution is -0.0613. The molecule has 4 aliphatic carbocycles. The van der Waals surface area contributed by atoms with E-state index >= 15 is 0 Å². The highest BCUT2D eigenvalue weighted by Gasteiger charge is 2.51. The fourth-order valence-corrected chi connectivity index (χ4v) is 6.52. The summed E-state index contributed by atoms with van der Waals surface area (Å²) in [5.74, 6) is 3.09. The number of rotatable bonds is 5. The van der Waals surface area contributed by atoms with Gasteiger partial charge in [0.05, 0.1) is 0 Å². The maximum absolute atomic E-state index is 5.57. The fourth-order valence-electron chi connectivity index (χ4n) is 6.23. The third-order valence-electron chi connectivity index (χ3n) is 6.70. The van der Waals surface area contributed by atoms with Gasteiger partial charge in [0.15, 0.2) is 5.11 Å². The summed E-state index contributed by atoms with van der Waals surface area (Å²) in [6, 6.07) is 10.7. The van der Waals surface area contributed by atoms with Crippen LogP contribution < -0.4 is 10.6 Å². The molecule has 1 aromatic carbocycles. The lowest BCUT2D eigenvalue weighted by Crippen LogP contribution is -2.49. The van der Waals surface area contributed by atoms with Crippen LogP contribution in [-0.4, -0.2) is 11.2 Å². The summed E-state index contributed by atoms with van der Waals surface area (Å²) >= 11 is 5.57. The van der Waals surface area contributed by atoms with Gasteiger partial charge in [0, 0.05) is 11.7 Å². The molecule has 0 saturated heterocycles. The average molecular weight is 343 g/mol. The van der Waals surface area contributed by atoms with Crippen molar-refractivity contribution in [1.29, 1.82) is 0 Å². The molecule has 1 unspecified atom stereocenters. The molecule has 0 aliphatic heterocycles. The monoisotopic (exact) mass is 342 g/mol. The first-order valence-electron chi connectivity index (χ1n) is 9.77. The molecule has 3 heteroatoms. The van der Waals surface area contributed by atoms with E-state index in [4.69, 9.17) is 12.2 Å². The molecule has 0 radical (unpaired) electrons. The van der Waals surface area contributed by atoms with Crippen LogP contribution >= 0.6 is 12.2 Å². The summed E-state index contributed by atoms with van der Waals surface area (Å²) in [5, 5.41) is 7.72. The van der Waals surface area contributed by atoms with Crippen LogP contribution in [-0.2, 0) is 0 Å². The third-order valence-corrected chi connectivity index (χ3v) is 6.92. The predicted octanol–water partition coefficient (Wildman–Crippen LogP) is 5.36. The molecule has 4 aliphatic rings. The first-order valence-corrected chi connectivity index (χ1v) is 10.2. The Morgan fingerprint density at radius 1 is 1.08 bits per heavy atom. The highest BCUT2D eigenvalue weighted by Crippen LogP contribution is 2.61. The molecule has 1 aromatic rings. The number of nitrogens with one attached hydrogen (secondary N) is 2. The van der Waals surface area contributed by atoms with Gasteiger partial charge in [0.2, 0.25) is 0 Å². The van der Waals surface area contributed by atoms with Gasteiger partial charge in [0.1, 0.15) is 0 Å². The average Bonchev–Trinajstić information content (AvgIpc) is 2.53. The number of benzene rings is 1. The molecule has 24 heavy (non-hydrogen) atoms.